The average Bonchev–Trinajstić information content (AvgIpc) is 3.22. The third kappa shape index (κ3) is 3.13. The number of rotatable bonds is 3. The first kappa shape index (κ1) is 21.1. The molecule has 3 N–H and O–H groups in total. The predicted molar refractivity (Wildman–Crippen MR) is 145 cm³/mol. The molecule has 0 unspecified atom stereocenters. The third-order valence-electron chi connectivity index (χ3n) is 7.70. The molecule has 0 saturated heterocycles. The first-order valence-corrected chi connectivity index (χ1v) is 12.5. The van der Waals surface area contributed by atoms with Crippen LogP contribution in [0.4, 0.5) is 11.5 Å². The van der Waals surface area contributed by atoms with E-state index in [-0.39, 0.29) is 5.54 Å². The Morgan fingerprint density at radius 3 is 2.36 bits per heavy atom. The van der Waals surface area contributed by atoms with Gasteiger partial charge in [0.2, 0.25) is 0 Å². The van der Waals surface area contributed by atoms with Gasteiger partial charge in [0.1, 0.15) is 5.82 Å². The Kier molecular flexibility index (Phi) is 4.63. The monoisotopic (exact) mass is 469 g/mol. The molecule has 5 aromatic rings. The molecular weight excluding hydrogens is 442 g/mol. The molecule has 1 aliphatic carbocycles. The summed E-state index contributed by atoms with van der Waals surface area (Å²) in [5.41, 5.74) is 16.1. The van der Waals surface area contributed by atoms with Crippen molar-refractivity contribution in [3.8, 4) is 39.6 Å². The van der Waals surface area contributed by atoms with Crippen LogP contribution in [0.3, 0.4) is 0 Å². The second-order valence-corrected chi connectivity index (χ2v) is 9.91. The molecule has 176 valence electrons. The Bertz CT molecular complexity index is 1610. The lowest BCUT2D eigenvalue weighted by Crippen LogP contribution is -2.43. The number of benzene rings is 3. The molecule has 0 bridgehead atoms. The zero-order valence-corrected chi connectivity index (χ0v) is 20.2. The summed E-state index contributed by atoms with van der Waals surface area (Å²) in [7, 11) is 0. The van der Waals surface area contributed by atoms with Gasteiger partial charge in [-0.1, -0.05) is 60.7 Å². The fourth-order valence-corrected chi connectivity index (χ4v) is 5.52. The maximum Gasteiger partial charge on any atom is 0.154 e. The highest BCUT2D eigenvalue weighted by Gasteiger charge is 2.34. The second kappa shape index (κ2) is 7.90. The lowest BCUT2D eigenvalue weighted by molar-refractivity contribution is 0.253. The highest BCUT2D eigenvalue weighted by Crippen LogP contribution is 2.45. The van der Waals surface area contributed by atoms with Crippen LogP contribution in [-0.4, -0.2) is 14.5 Å². The lowest BCUT2D eigenvalue weighted by atomic mass is 9.72. The molecule has 7 rings (SSSR count). The van der Waals surface area contributed by atoms with Crippen molar-refractivity contribution in [2.75, 3.05) is 5.32 Å². The van der Waals surface area contributed by atoms with E-state index in [4.69, 9.17) is 15.7 Å². The first-order chi connectivity index (χ1) is 17.6. The topological polar surface area (TPSA) is 68.8 Å². The Morgan fingerprint density at radius 1 is 0.861 bits per heavy atom. The van der Waals surface area contributed by atoms with Crippen LogP contribution in [0.15, 0.2) is 91.1 Å². The average molecular weight is 470 g/mol. The van der Waals surface area contributed by atoms with Crippen LogP contribution < -0.4 is 11.1 Å². The van der Waals surface area contributed by atoms with E-state index in [9.17, 15) is 0 Å². The van der Waals surface area contributed by atoms with Gasteiger partial charge in [-0.05, 0) is 61.6 Å². The van der Waals surface area contributed by atoms with E-state index >= 15 is 0 Å². The minimum Gasteiger partial charge on any atom is -0.338 e. The van der Waals surface area contributed by atoms with Crippen molar-refractivity contribution < 1.29 is 0 Å². The normalized spacial score (nSPS) is 15.1. The van der Waals surface area contributed by atoms with E-state index in [1.54, 1.807) is 0 Å². The maximum absolute atomic E-state index is 6.65. The van der Waals surface area contributed by atoms with Crippen LogP contribution in [0.5, 0.6) is 0 Å². The summed E-state index contributed by atoms with van der Waals surface area (Å²) in [6.45, 7) is 2.15. The minimum absolute atomic E-state index is 0.189. The van der Waals surface area contributed by atoms with Gasteiger partial charge in [-0.2, -0.15) is 0 Å². The summed E-state index contributed by atoms with van der Waals surface area (Å²) >= 11 is 0. The van der Waals surface area contributed by atoms with Gasteiger partial charge < -0.3 is 11.1 Å². The van der Waals surface area contributed by atoms with Crippen LogP contribution in [0.25, 0.3) is 39.6 Å². The number of fused-ring (bicyclic) bond motifs is 5. The maximum atomic E-state index is 6.65. The molecule has 1 aliphatic heterocycles. The summed E-state index contributed by atoms with van der Waals surface area (Å²) in [5.74, 6) is 1.71. The molecule has 0 radical (unpaired) electrons. The van der Waals surface area contributed by atoms with Crippen molar-refractivity contribution in [1.82, 2.24) is 14.5 Å². The van der Waals surface area contributed by atoms with Crippen LogP contribution in [0, 0.1) is 6.92 Å². The fraction of sp³-hybridized carbons (Fsp3) is 0.161. The number of nitrogens with one attached hydrogen (secondary N) is 1. The van der Waals surface area contributed by atoms with Gasteiger partial charge in [-0.25, -0.2) is 9.97 Å². The predicted octanol–water partition coefficient (Wildman–Crippen LogP) is 6.97. The molecule has 3 heterocycles. The molecule has 5 nitrogen and oxygen atoms in total. The molecule has 2 aliphatic rings. The minimum atomic E-state index is -0.189. The van der Waals surface area contributed by atoms with Gasteiger partial charge >= 0.3 is 0 Å². The van der Waals surface area contributed by atoms with Crippen LogP contribution in [0.2, 0.25) is 0 Å². The number of aryl methyl sites for hydroxylation is 1. The van der Waals surface area contributed by atoms with E-state index in [1.807, 2.05) is 18.3 Å². The van der Waals surface area contributed by atoms with E-state index in [1.165, 1.54) is 17.5 Å². The molecule has 1 saturated carbocycles. The Balaban J connectivity index is 1.55. The fourth-order valence-electron chi connectivity index (χ4n) is 5.52. The number of nitrogens with two attached hydrogens (primary N) is 1. The third-order valence-corrected chi connectivity index (χ3v) is 7.70. The van der Waals surface area contributed by atoms with Crippen LogP contribution >= 0.6 is 0 Å². The number of aromatic nitrogens is 3. The Labute approximate surface area is 210 Å². The highest BCUT2D eigenvalue weighted by molar-refractivity contribution is 5.91. The van der Waals surface area contributed by atoms with Crippen molar-refractivity contribution in [2.45, 2.75) is 31.7 Å². The quantitative estimate of drug-likeness (QED) is 0.294. The SMILES string of the molecule is Cc1ccccc1-c1nc2n(c1-c1ccc(C3(N)CCC3)cc1)-c1cccnc1Nc1ccccc1-2. The van der Waals surface area contributed by atoms with Gasteiger partial charge in [0.25, 0.3) is 0 Å². The van der Waals surface area contributed by atoms with Crippen LogP contribution in [-0.2, 0) is 5.54 Å². The molecule has 3 aromatic carbocycles. The number of anilines is 2. The largest absolute Gasteiger partial charge is 0.338 e. The van der Waals surface area contributed by atoms with Crippen molar-refractivity contribution in [1.29, 1.82) is 0 Å². The zero-order chi connectivity index (χ0) is 24.3. The zero-order valence-electron chi connectivity index (χ0n) is 20.2. The number of imidazole rings is 1. The number of para-hydroxylation sites is 1. The highest BCUT2D eigenvalue weighted by atomic mass is 15.2. The molecule has 1 fully saturated rings. The van der Waals surface area contributed by atoms with Crippen molar-refractivity contribution >= 4 is 11.5 Å². The van der Waals surface area contributed by atoms with Crippen LogP contribution in [0.1, 0.15) is 30.4 Å². The summed E-state index contributed by atoms with van der Waals surface area (Å²) in [6, 6.07) is 29.7. The number of hydrogen-bond acceptors (Lipinski definition) is 4. The van der Waals surface area contributed by atoms with E-state index in [2.05, 4.69) is 89.6 Å². The second-order valence-electron chi connectivity index (χ2n) is 9.91. The smallest absolute Gasteiger partial charge is 0.154 e. The van der Waals surface area contributed by atoms with Crippen molar-refractivity contribution in [2.24, 2.45) is 5.73 Å². The van der Waals surface area contributed by atoms with E-state index in [0.717, 1.165) is 63.9 Å². The van der Waals surface area contributed by atoms with Gasteiger partial charge in [0.15, 0.2) is 5.82 Å². The summed E-state index contributed by atoms with van der Waals surface area (Å²) in [6.07, 6.45) is 5.11. The lowest BCUT2D eigenvalue weighted by Gasteiger charge is -2.38. The molecule has 0 atom stereocenters. The standard InChI is InChI=1S/C31H27N5/c1-20-8-2-3-9-23(20)27-28(21-13-15-22(16-14-21)31(32)17-7-18-31)36-26-12-6-19-33-29(26)34-25-11-5-4-10-24(25)30(36)35-27/h2-6,8-16,19H,7,17-18,32H2,1H3,(H,33,34). The Hall–Kier alpha value is -4.22. The molecule has 0 amide bonds. The molecule has 5 heteroatoms. The first-order valence-electron chi connectivity index (χ1n) is 12.5. The summed E-state index contributed by atoms with van der Waals surface area (Å²) in [4.78, 5) is 10.0. The van der Waals surface area contributed by atoms with Crippen molar-refractivity contribution in [3.05, 3.63) is 102 Å². The van der Waals surface area contributed by atoms with E-state index in [0.29, 0.717) is 0 Å². The van der Waals surface area contributed by atoms with E-state index < -0.39 is 0 Å². The summed E-state index contributed by atoms with van der Waals surface area (Å²) < 4.78 is 2.26. The van der Waals surface area contributed by atoms with Crippen molar-refractivity contribution in [3.63, 3.8) is 0 Å². The molecule has 36 heavy (non-hydrogen) atoms. The Morgan fingerprint density at radius 2 is 1.61 bits per heavy atom. The molecule has 2 aromatic heterocycles. The van der Waals surface area contributed by atoms with Gasteiger partial charge in [-0.15, -0.1) is 0 Å². The van der Waals surface area contributed by atoms with Gasteiger partial charge in [0, 0.05) is 28.4 Å². The summed E-state index contributed by atoms with van der Waals surface area (Å²) in [5, 5.41) is 3.54. The molecular formula is C31H27N5. The number of pyridine rings is 1. The number of nitrogens with zero attached hydrogens (tertiary/aromatic N) is 3. The molecule has 0 spiro atoms. The van der Waals surface area contributed by atoms with Gasteiger partial charge in [0.05, 0.1) is 22.8 Å². The van der Waals surface area contributed by atoms with Gasteiger partial charge in [-0.3, -0.25) is 4.57 Å². The number of hydrogen-bond donors (Lipinski definition) is 2.